The molecule has 1 aromatic carbocycles. The van der Waals surface area contributed by atoms with Gasteiger partial charge in [0, 0.05) is 17.6 Å². The van der Waals surface area contributed by atoms with Crippen LogP contribution in [0.1, 0.15) is 24.8 Å². The number of amides is 3. The summed E-state index contributed by atoms with van der Waals surface area (Å²) in [5, 5.41) is 2.67. The van der Waals surface area contributed by atoms with Crippen LogP contribution in [0.3, 0.4) is 0 Å². The fraction of sp³-hybridized carbons (Fsp3) is 0.438. The number of imide groups is 1. The molecule has 2 aliphatic rings. The molecule has 1 N–H and O–H groups in total. The van der Waals surface area contributed by atoms with E-state index in [1.807, 2.05) is 24.3 Å². The van der Waals surface area contributed by atoms with E-state index in [0.717, 1.165) is 41.1 Å². The van der Waals surface area contributed by atoms with Crippen molar-refractivity contribution in [2.45, 2.75) is 24.7 Å². The molecule has 3 rings (SSSR count). The quantitative estimate of drug-likeness (QED) is 0.830. The molecule has 5 nitrogen and oxygen atoms in total. The molecule has 1 heterocycles. The van der Waals surface area contributed by atoms with Crippen LogP contribution >= 0.6 is 27.7 Å². The Morgan fingerprint density at radius 3 is 2.48 bits per heavy atom. The number of carbonyl (C=O) groups excluding carboxylic acids is 3. The average Bonchev–Trinajstić information content (AvgIpc) is 2.80. The van der Waals surface area contributed by atoms with E-state index in [4.69, 9.17) is 0 Å². The van der Waals surface area contributed by atoms with Gasteiger partial charge in [0.2, 0.25) is 11.8 Å². The number of carbonyl (C=O) groups is 3. The van der Waals surface area contributed by atoms with Gasteiger partial charge in [0.15, 0.2) is 0 Å². The van der Waals surface area contributed by atoms with E-state index in [1.165, 1.54) is 4.90 Å². The lowest BCUT2D eigenvalue weighted by molar-refractivity contribution is -0.130. The molecule has 0 bridgehead atoms. The Morgan fingerprint density at radius 1 is 1.26 bits per heavy atom. The van der Waals surface area contributed by atoms with Crippen molar-refractivity contribution in [3.05, 3.63) is 34.3 Å². The van der Waals surface area contributed by atoms with E-state index in [9.17, 15) is 14.4 Å². The Morgan fingerprint density at radius 2 is 1.96 bits per heavy atom. The number of nitrogens with zero attached hydrogens (tertiary/aromatic N) is 1. The van der Waals surface area contributed by atoms with E-state index in [0.29, 0.717) is 6.54 Å². The predicted octanol–water partition coefficient (Wildman–Crippen LogP) is 2.68. The normalized spacial score (nSPS) is 19.6. The monoisotopic (exact) mass is 396 g/mol. The minimum atomic E-state index is -0.464. The molecule has 0 atom stereocenters. The molecule has 3 amide bonds. The highest BCUT2D eigenvalue weighted by Crippen LogP contribution is 2.44. The van der Waals surface area contributed by atoms with Crippen LogP contribution in [0.15, 0.2) is 28.7 Å². The molecule has 1 aliphatic heterocycles. The van der Waals surface area contributed by atoms with Gasteiger partial charge in [-0.05, 0) is 30.5 Å². The molecule has 0 spiro atoms. The van der Waals surface area contributed by atoms with Crippen LogP contribution in [0.25, 0.3) is 0 Å². The lowest BCUT2D eigenvalue weighted by Gasteiger charge is -2.40. The van der Waals surface area contributed by atoms with Crippen LogP contribution in [0.5, 0.6) is 0 Å². The van der Waals surface area contributed by atoms with Gasteiger partial charge in [-0.2, -0.15) is 0 Å². The summed E-state index contributed by atoms with van der Waals surface area (Å²) in [6, 6.07) is 7.85. The molecule has 122 valence electrons. The Balaban J connectivity index is 1.61. The van der Waals surface area contributed by atoms with Crippen LogP contribution < -0.4 is 5.32 Å². The second-order valence-corrected chi connectivity index (χ2v) is 7.64. The van der Waals surface area contributed by atoms with E-state index in [1.54, 1.807) is 0 Å². The lowest BCUT2D eigenvalue weighted by atomic mass is 9.64. The number of hydrogen-bond acceptors (Lipinski definition) is 4. The fourth-order valence-corrected chi connectivity index (χ4v) is 4.01. The maximum absolute atomic E-state index is 12.7. The lowest BCUT2D eigenvalue weighted by Crippen LogP contribution is -2.50. The summed E-state index contributed by atoms with van der Waals surface area (Å²) in [6.45, 7) is 0.544. The summed E-state index contributed by atoms with van der Waals surface area (Å²) in [5.74, 6) is 0.00799. The highest BCUT2D eigenvalue weighted by Gasteiger charge is 2.45. The molecule has 1 aliphatic carbocycles. The van der Waals surface area contributed by atoms with Gasteiger partial charge in [-0.25, -0.2) is 0 Å². The van der Waals surface area contributed by atoms with Crippen molar-refractivity contribution in [1.29, 1.82) is 0 Å². The maximum Gasteiger partial charge on any atom is 0.288 e. The molecular weight excluding hydrogens is 380 g/mol. The van der Waals surface area contributed by atoms with Crippen molar-refractivity contribution in [2.75, 3.05) is 18.8 Å². The highest BCUT2D eigenvalue weighted by atomic mass is 79.9. The van der Waals surface area contributed by atoms with Crippen molar-refractivity contribution in [3.8, 4) is 0 Å². The zero-order chi connectivity index (χ0) is 16.4. The smallest absolute Gasteiger partial charge is 0.288 e. The Bertz CT molecular complexity index is 627. The first kappa shape index (κ1) is 16.5. The second-order valence-electron chi connectivity index (χ2n) is 5.80. The van der Waals surface area contributed by atoms with E-state index in [-0.39, 0.29) is 29.4 Å². The van der Waals surface area contributed by atoms with Gasteiger partial charge in [0.1, 0.15) is 0 Å². The van der Waals surface area contributed by atoms with Gasteiger partial charge in [0.05, 0.1) is 11.2 Å². The predicted molar refractivity (Wildman–Crippen MR) is 92.2 cm³/mol. The standard InChI is InChI=1S/C16H17BrN2O3S/c17-12-4-2-11(3-5-12)16(6-1-7-16)14(21)18-8-9-19-13(20)10-23-15(19)22/h2-5H,1,6-10H2,(H,18,21). The molecule has 1 aromatic rings. The minimum absolute atomic E-state index is 0.0159. The summed E-state index contributed by atoms with van der Waals surface area (Å²) >= 11 is 4.42. The minimum Gasteiger partial charge on any atom is -0.354 e. The summed E-state index contributed by atoms with van der Waals surface area (Å²) in [4.78, 5) is 36.9. The molecule has 23 heavy (non-hydrogen) atoms. The molecule has 7 heteroatoms. The van der Waals surface area contributed by atoms with Crippen molar-refractivity contribution in [2.24, 2.45) is 0 Å². The Kier molecular flexibility index (Phi) is 4.77. The zero-order valence-electron chi connectivity index (χ0n) is 12.5. The van der Waals surface area contributed by atoms with Crippen molar-refractivity contribution < 1.29 is 14.4 Å². The highest BCUT2D eigenvalue weighted by molar-refractivity contribution is 9.10. The SMILES string of the molecule is O=C1CSC(=O)N1CCNC(=O)C1(c2ccc(Br)cc2)CCC1. The largest absolute Gasteiger partial charge is 0.354 e. The number of benzene rings is 1. The Labute approximate surface area is 147 Å². The van der Waals surface area contributed by atoms with Crippen molar-refractivity contribution in [1.82, 2.24) is 10.2 Å². The zero-order valence-corrected chi connectivity index (χ0v) is 14.9. The van der Waals surface area contributed by atoms with Crippen LogP contribution in [0.4, 0.5) is 4.79 Å². The Hall–Kier alpha value is -1.34. The van der Waals surface area contributed by atoms with Crippen LogP contribution in [0.2, 0.25) is 0 Å². The third-order valence-electron chi connectivity index (χ3n) is 4.50. The number of thioether (sulfide) groups is 1. The first-order valence-electron chi connectivity index (χ1n) is 7.54. The fourth-order valence-electron chi connectivity index (χ4n) is 2.99. The average molecular weight is 397 g/mol. The first-order valence-corrected chi connectivity index (χ1v) is 9.32. The molecule has 1 saturated carbocycles. The van der Waals surface area contributed by atoms with E-state index in [2.05, 4.69) is 21.2 Å². The molecular formula is C16H17BrN2O3S. The molecule has 0 aromatic heterocycles. The number of nitrogens with one attached hydrogen (secondary N) is 1. The van der Waals surface area contributed by atoms with Gasteiger partial charge >= 0.3 is 0 Å². The summed E-state index contributed by atoms with van der Waals surface area (Å²) in [5.41, 5.74) is 0.558. The second kappa shape index (κ2) is 6.65. The van der Waals surface area contributed by atoms with E-state index < -0.39 is 5.41 Å². The molecule has 2 fully saturated rings. The summed E-state index contributed by atoms with van der Waals surface area (Å²) < 4.78 is 0.986. The van der Waals surface area contributed by atoms with Gasteiger partial charge in [-0.3, -0.25) is 19.3 Å². The molecule has 0 unspecified atom stereocenters. The number of hydrogen-bond donors (Lipinski definition) is 1. The first-order chi connectivity index (χ1) is 11.0. The third-order valence-corrected chi connectivity index (χ3v) is 5.89. The van der Waals surface area contributed by atoms with Gasteiger partial charge in [-0.1, -0.05) is 46.2 Å². The summed E-state index contributed by atoms with van der Waals surface area (Å²) in [6.07, 6.45) is 2.69. The van der Waals surface area contributed by atoms with Crippen LogP contribution in [-0.2, 0) is 15.0 Å². The van der Waals surface area contributed by atoms with Crippen molar-refractivity contribution in [3.63, 3.8) is 0 Å². The number of halogens is 1. The molecule has 0 radical (unpaired) electrons. The summed E-state index contributed by atoms with van der Waals surface area (Å²) in [7, 11) is 0. The van der Waals surface area contributed by atoms with Crippen LogP contribution in [-0.4, -0.2) is 40.8 Å². The van der Waals surface area contributed by atoms with Gasteiger partial charge < -0.3 is 5.32 Å². The molecule has 1 saturated heterocycles. The van der Waals surface area contributed by atoms with Crippen molar-refractivity contribution >= 4 is 44.7 Å². The van der Waals surface area contributed by atoms with Gasteiger partial charge in [-0.15, -0.1) is 0 Å². The van der Waals surface area contributed by atoms with E-state index >= 15 is 0 Å². The topological polar surface area (TPSA) is 66.5 Å². The maximum atomic E-state index is 12.7. The third kappa shape index (κ3) is 3.17. The van der Waals surface area contributed by atoms with Crippen LogP contribution in [0, 0.1) is 0 Å². The number of rotatable bonds is 5. The van der Waals surface area contributed by atoms with Gasteiger partial charge in [0.25, 0.3) is 5.24 Å².